The fourth-order valence-corrected chi connectivity index (χ4v) is 2.20. The highest BCUT2D eigenvalue weighted by Gasteiger charge is 2.05. The average molecular weight is 326 g/mol. The Kier molecular flexibility index (Phi) is 4.43. The molecule has 1 N–H and O–H groups in total. The van der Waals surface area contributed by atoms with Crippen LogP contribution in [0.25, 0.3) is 0 Å². The van der Waals surface area contributed by atoms with Gasteiger partial charge < -0.3 is 10.1 Å². The average Bonchev–Trinajstić information content (AvgIpc) is 2.41. The predicted molar refractivity (Wildman–Crippen MR) is 77.8 cm³/mol. The maximum atomic E-state index is 5.13. The van der Waals surface area contributed by atoms with Gasteiger partial charge in [0.25, 0.3) is 0 Å². The second-order valence-electron chi connectivity index (χ2n) is 3.41. The SMILES string of the molecule is COc1nc(Nc2cccc(SC)c2)ncc1Br. The van der Waals surface area contributed by atoms with Crippen molar-refractivity contribution in [2.24, 2.45) is 0 Å². The number of nitrogens with zero attached hydrogens (tertiary/aromatic N) is 2. The number of ether oxygens (including phenoxy) is 1. The molecule has 1 aromatic carbocycles. The maximum Gasteiger partial charge on any atom is 0.232 e. The van der Waals surface area contributed by atoms with Crippen molar-refractivity contribution in [3.05, 3.63) is 34.9 Å². The molecule has 6 heteroatoms. The van der Waals surface area contributed by atoms with E-state index >= 15 is 0 Å². The zero-order chi connectivity index (χ0) is 13.0. The Morgan fingerprint density at radius 1 is 1.39 bits per heavy atom. The van der Waals surface area contributed by atoms with E-state index < -0.39 is 0 Å². The molecule has 0 radical (unpaired) electrons. The molecule has 0 aliphatic carbocycles. The summed E-state index contributed by atoms with van der Waals surface area (Å²) in [5.74, 6) is 1.02. The van der Waals surface area contributed by atoms with Gasteiger partial charge in [-0.15, -0.1) is 11.8 Å². The number of benzene rings is 1. The Hall–Kier alpha value is -1.27. The third-order valence-corrected chi connectivity index (χ3v) is 3.50. The van der Waals surface area contributed by atoms with Gasteiger partial charge >= 0.3 is 0 Å². The normalized spacial score (nSPS) is 10.2. The smallest absolute Gasteiger partial charge is 0.232 e. The monoisotopic (exact) mass is 325 g/mol. The maximum absolute atomic E-state index is 5.13. The zero-order valence-electron chi connectivity index (χ0n) is 9.98. The van der Waals surface area contributed by atoms with Crippen molar-refractivity contribution < 1.29 is 4.74 Å². The molecule has 2 aromatic rings. The van der Waals surface area contributed by atoms with E-state index in [0.717, 1.165) is 10.2 Å². The summed E-state index contributed by atoms with van der Waals surface area (Å²) in [4.78, 5) is 9.61. The molecule has 0 aliphatic rings. The number of methoxy groups -OCH3 is 1. The lowest BCUT2D eigenvalue weighted by molar-refractivity contribution is 0.394. The topological polar surface area (TPSA) is 47.0 Å². The van der Waals surface area contributed by atoms with Crippen LogP contribution in [0.1, 0.15) is 0 Å². The minimum Gasteiger partial charge on any atom is -0.480 e. The van der Waals surface area contributed by atoms with Crippen molar-refractivity contribution in [3.8, 4) is 5.88 Å². The number of aromatic nitrogens is 2. The first-order valence-corrected chi connectivity index (χ1v) is 7.22. The van der Waals surface area contributed by atoms with Crippen LogP contribution < -0.4 is 10.1 Å². The summed E-state index contributed by atoms with van der Waals surface area (Å²) in [6.07, 6.45) is 3.70. The standard InChI is InChI=1S/C12H12BrN3OS/c1-17-11-10(13)7-14-12(16-11)15-8-4-3-5-9(6-8)18-2/h3-7H,1-2H3,(H,14,15,16). The first-order chi connectivity index (χ1) is 8.72. The fraction of sp³-hybridized carbons (Fsp3) is 0.167. The van der Waals surface area contributed by atoms with Crippen molar-refractivity contribution in [1.82, 2.24) is 9.97 Å². The summed E-state index contributed by atoms with van der Waals surface area (Å²) in [6.45, 7) is 0. The number of hydrogen-bond donors (Lipinski definition) is 1. The molecule has 0 saturated heterocycles. The Balaban J connectivity index is 2.22. The third-order valence-electron chi connectivity index (χ3n) is 2.23. The van der Waals surface area contributed by atoms with Crippen LogP contribution in [0.5, 0.6) is 5.88 Å². The van der Waals surface area contributed by atoms with Crippen molar-refractivity contribution in [3.63, 3.8) is 0 Å². The number of thioether (sulfide) groups is 1. The van der Waals surface area contributed by atoms with Crippen molar-refractivity contribution in [2.45, 2.75) is 4.90 Å². The van der Waals surface area contributed by atoms with Crippen molar-refractivity contribution in [1.29, 1.82) is 0 Å². The summed E-state index contributed by atoms with van der Waals surface area (Å²) in [7, 11) is 1.57. The van der Waals surface area contributed by atoms with E-state index in [1.807, 2.05) is 24.5 Å². The molecule has 1 aromatic heterocycles. The van der Waals surface area contributed by atoms with E-state index in [9.17, 15) is 0 Å². The number of halogens is 1. The summed E-state index contributed by atoms with van der Waals surface area (Å²) >= 11 is 5.01. The molecule has 0 saturated carbocycles. The highest BCUT2D eigenvalue weighted by atomic mass is 79.9. The highest BCUT2D eigenvalue weighted by molar-refractivity contribution is 9.10. The van der Waals surface area contributed by atoms with Gasteiger partial charge in [-0.1, -0.05) is 6.07 Å². The van der Waals surface area contributed by atoms with Gasteiger partial charge in [-0.25, -0.2) is 4.98 Å². The fourth-order valence-electron chi connectivity index (χ4n) is 1.38. The molecule has 18 heavy (non-hydrogen) atoms. The second-order valence-corrected chi connectivity index (χ2v) is 5.14. The first-order valence-electron chi connectivity index (χ1n) is 5.20. The van der Waals surface area contributed by atoms with E-state index in [-0.39, 0.29) is 0 Å². The molecule has 94 valence electrons. The van der Waals surface area contributed by atoms with Crippen LogP contribution in [0, 0.1) is 0 Å². The molecule has 0 atom stereocenters. The van der Waals surface area contributed by atoms with E-state index in [1.165, 1.54) is 4.90 Å². The molecule has 0 aliphatic heterocycles. The third kappa shape index (κ3) is 3.14. The van der Waals surface area contributed by atoms with Gasteiger partial charge in [-0.2, -0.15) is 4.98 Å². The second kappa shape index (κ2) is 6.06. The number of nitrogens with one attached hydrogen (secondary N) is 1. The number of anilines is 2. The van der Waals surface area contributed by atoms with Gasteiger partial charge in [0, 0.05) is 10.6 Å². The van der Waals surface area contributed by atoms with Crippen LogP contribution >= 0.6 is 27.7 Å². The van der Waals surface area contributed by atoms with E-state index in [0.29, 0.717) is 11.8 Å². The van der Waals surface area contributed by atoms with Gasteiger partial charge in [0.15, 0.2) is 0 Å². The molecule has 0 bridgehead atoms. The van der Waals surface area contributed by atoms with Crippen molar-refractivity contribution >= 4 is 39.3 Å². The molecular formula is C12H12BrN3OS. The Labute approximate surface area is 118 Å². The quantitative estimate of drug-likeness (QED) is 0.868. The number of rotatable bonds is 4. The number of hydrogen-bond acceptors (Lipinski definition) is 5. The van der Waals surface area contributed by atoms with Crippen LogP contribution in [0.15, 0.2) is 39.8 Å². The van der Waals surface area contributed by atoms with E-state index in [4.69, 9.17) is 4.74 Å². The lowest BCUT2D eigenvalue weighted by atomic mass is 10.3. The first kappa shape index (κ1) is 13.2. The molecule has 1 heterocycles. The van der Waals surface area contributed by atoms with Gasteiger partial charge in [0.2, 0.25) is 11.8 Å². The van der Waals surface area contributed by atoms with Gasteiger partial charge in [-0.3, -0.25) is 0 Å². The minimum atomic E-state index is 0.508. The van der Waals surface area contributed by atoms with Gasteiger partial charge in [0.1, 0.15) is 0 Å². The van der Waals surface area contributed by atoms with Crippen LogP contribution in [-0.2, 0) is 0 Å². The van der Waals surface area contributed by atoms with E-state index in [1.54, 1.807) is 25.1 Å². The molecule has 0 amide bonds. The summed E-state index contributed by atoms with van der Waals surface area (Å²) in [5.41, 5.74) is 0.950. The molecule has 2 rings (SSSR count). The molecule has 0 unspecified atom stereocenters. The summed E-state index contributed by atoms with van der Waals surface area (Å²) in [5, 5.41) is 3.14. The van der Waals surface area contributed by atoms with Crippen LogP contribution in [0.2, 0.25) is 0 Å². The van der Waals surface area contributed by atoms with Gasteiger partial charge in [0.05, 0.1) is 17.8 Å². The lowest BCUT2D eigenvalue weighted by Crippen LogP contribution is -1.99. The summed E-state index contributed by atoms with van der Waals surface area (Å²) in [6, 6.07) is 8.06. The van der Waals surface area contributed by atoms with Crippen LogP contribution in [0.3, 0.4) is 0 Å². The molecule has 4 nitrogen and oxygen atoms in total. The van der Waals surface area contributed by atoms with Crippen LogP contribution in [0.4, 0.5) is 11.6 Å². The Morgan fingerprint density at radius 3 is 2.94 bits per heavy atom. The minimum absolute atomic E-state index is 0.508. The molecule has 0 fully saturated rings. The Bertz CT molecular complexity index is 551. The Morgan fingerprint density at radius 2 is 2.22 bits per heavy atom. The largest absolute Gasteiger partial charge is 0.480 e. The highest BCUT2D eigenvalue weighted by Crippen LogP contribution is 2.24. The van der Waals surface area contributed by atoms with Gasteiger partial charge in [-0.05, 0) is 40.4 Å². The molecule has 0 spiro atoms. The van der Waals surface area contributed by atoms with Crippen molar-refractivity contribution in [2.75, 3.05) is 18.7 Å². The van der Waals surface area contributed by atoms with E-state index in [2.05, 4.69) is 37.3 Å². The zero-order valence-corrected chi connectivity index (χ0v) is 12.4. The van der Waals surface area contributed by atoms with Crippen LogP contribution in [-0.4, -0.2) is 23.3 Å². The summed E-state index contributed by atoms with van der Waals surface area (Å²) < 4.78 is 5.86. The molecular weight excluding hydrogens is 314 g/mol. The lowest BCUT2D eigenvalue weighted by Gasteiger charge is -2.08. The predicted octanol–water partition coefficient (Wildman–Crippen LogP) is 3.71.